The van der Waals surface area contributed by atoms with Crippen LogP contribution in [0.15, 0.2) is 36.4 Å². The Balaban J connectivity index is 1.96. The molecule has 0 spiro atoms. The maximum Gasteiger partial charge on any atom is 0.227 e. The first kappa shape index (κ1) is 14.9. The topological polar surface area (TPSA) is 20.3 Å². The number of hydrogen-bond donors (Lipinski definition) is 0. The summed E-state index contributed by atoms with van der Waals surface area (Å²) in [6, 6.07) is 12.2. The molecular weight excluding hydrogens is 397 g/mol. The van der Waals surface area contributed by atoms with E-state index < -0.39 is 0 Å². The van der Waals surface area contributed by atoms with Crippen LogP contribution in [0.5, 0.6) is 0 Å². The van der Waals surface area contributed by atoms with Crippen molar-refractivity contribution in [1.29, 1.82) is 0 Å². The van der Waals surface area contributed by atoms with Crippen LogP contribution in [-0.2, 0) is 17.8 Å². The largest absolute Gasteiger partial charge is 0.308 e. The van der Waals surface area contributed by atoms with Gasteiger partial charge in [0.2, 0.25) is 5.91 Å². The summed E-state index contributed by atoms with van der Waals surface area (Å²) in [5.41, 5.74) is 4.37. The summed E-state index contributed by atoms with van der Waals surface area (Å²) >= 11 is 8.62. The van der Waals surface area contributed by atoms with Gasteiger partial charge in [-0.3, -0.25) is 4.79 Å². The lowest BCUT2D eigenvalue weighted by atomic mass is 10.0. The highest BCUT2D eigenvalue weighted by Crippen LogP contribution is 2.31. The Hall–Kier alpha value is -1.07. The zero-order chi connectivity index (χ0) is 15.0. The zero-order valence-corrected chi connectivity index (χ0v) is 14.6. The van der Waals surface area contributed by atoms with Crippen LogP contribution < -0.4 is 4.90 Å². The Bertz CT molecular complexity index is 714. The zero-order valence-electron chi connectivity index (χ0n) is 11.7. The van der Waals surface area contributed by atoms with Gasteiger partial charge in [-0.05, 0) is 76.9 Å². The molecule has 108 valence electrons. The summed E-state index contributed by atoms with van der Waals surface area (Å²) in [4.78, 5) is 14.2. The van der Waals surface area contributed by atoms with E-state index in [1.165, 1.54) is 9.13 Å². The fourth-order valence-corrected chi connectivity index (χ4v) is 3.50. The second-order valence-electron chi connectivity index (χ2n) is 5.35. The van der Waals surface area contributed by atoms with Gasteiger partial charge in [0, 0.05) is 20.7 Å². The van der Waals surface area contributed by atoms with Crippen LogP contribution in [0, 0.1) is 10.5 Å². The van der Waals surface area contributed by atoms with Crippen molar-refractivity contribution in [2.75, 3.05) is 4.90 Å². The molecule has 0 atom stereocenters. The maximum atomic E-state index is 12.3. The second-order valence-corrected chi connectivity index (χ2v) is 7.00. The van der Waals surface area contributed by atoms with Gasteiger partial charge in [0.1, 0.15) is 0 Å². The third-order valence-electron chi connectivity index (χ3n) is 3.78. The highest BCUT2D eigenvalue weighted by molar-refractivity contribution is 14.1. The Labute approximate surface area is 143 Å². The van der Waals surface area contributed by atoms with Crippen LogP contribution in [-0.4, -0.2) is 5.91 Å². The number of rotatable bonds is 2. The molecule has 0 bridgehead atoms. The quantitative estimate of drug-likeness (QED) is 0.654. The van der Waals surface area contributed by atoms with Crippen LogP contribution in [0.25, 0.3) is 0 Å². The maximum absolute atomic E-state index is 12.3. The lowest BCUT2D eigenvalue weighted by Crippen LogP contribution is -2.34. The van der Waals surface area contributed by atoms with Gasteiger partial charge >= 0.3 is 0 Å². The van der Waals surface area contributed by atoms with Crippen molar-refractivity contribution in [1.82, 2.24) is 0 Å². The van der Waals surface area contributed by atoms with Gasteiger partial charge in [0.15, 0.2) is 0 Å². The van der Waals surface area contributed by atoms with Gasteiger partial charge in [0.25, 0.3) is 0 Å². The fraction of sp³-hybridized carbons (Fsp3) is 0.235. The van der Waals surface area contributed by atoms with Crippen LogP contribution in [0.2, 0.25) is 5.02 Å². The van der Waals surface area contributed by atoms with E-state index in [2.05, 4.69) is 28.7 Å². The van der Waals surface area contributed by atoms with Crippen LogP contribution in [0.3, 0.4) is 0 Å². The number of carbonyl (C=O) groups excluding carboxylic acids is 1. The molecule has 3 rings (SSSR count). The molecule has 2 aromatic carbocycles. The molecule has 1 aliphatic rings. The predicted octanol–water partition coefficient (Wildman–Crippen LogP) is 4.73. The average molecular weight is 412 g/mol. The van der Waals surface area contributed by atoms with Crippen molar-refractivity contribution in [3.63, 3.8) is 0 Å². The Morgan fingerprint density at radius 2 is 2.00 bits per heavy atom. The van der Waals surface area contributed by atoms with Crippen molar-refractivity contribution >= 4 is 45.8 Å². The third kappa shape index (κ3) is 3.09. The van der Waals surface area contributed by atoms with Crippen molar-refractivity contribution in [3.8, 4) is 0 Å². The van der Waals surface area contributed by atoms with Crippen LogP contribution in [0.4, 0.5) is 5.69 Å². The standard InChI is InChI=1S/C17H15ClINO/c1-11-2-3-13(15(18)8-11)10-20-16-6-5-14(19)9-12(16)4-7-17(20)21/h2-3,5-6,8-9H,4,7,10H2,1H3. The molecule has 1 aliphatic heterocycles. The molecule has 21 heavy (non-hydrogen) atoms. The van der Waals surface area contributed by atoms with Gasteiger partial charge in [-0.15, -0.1) is 0 Å². The molecule has 0 unspecified atom stereocenters. The molecule has 0 fully saturated rings. The van der Waals surface area contributed by atoms with E-state index in [-0.39, 0.29) is 5.91 Å². The van der Waals surface area contributed by atoms with E-state index >= 15 is 0 Å². The van der Waals surface area contributed by atoms with E-state index in [4.69, 9.17) is 11.6 Å². The van der Waals surface area contributed by atoms with Gasteiger partial charge in [0.05, 0.1) is 6.54 Å². The SMILES string of the molecule is Cc1ccc(CN2C(=O)CCc3cc(I)ccc32)c(Cl)c1. The van der Waals surface area contributed by atoms with Gasteiger partial charge in [-0.25, -0.2) is 0 Å². The van der Waals surface area contributed by atoms with Crippen LogP contribution in [0.1, 0.15) is 23.1 Å². The predicted molar refractivity (Wildman–Crippen MR) is 94.9 cm³/mol. The summed E-state index contributed by atoms with van der Waals surface area (Å²) in [6.07, 6.45) is 1.39. The first-order valence-corrected chi connectivity index (χ1v) is 8.34. The first-order chi connectivity index (χ1) is 10.0. The smallest absolute Gasteiger partial charge is 0.227 e. The van der Waals surface area contributed by atoms with E-state index in [0.717, 1.165) is 28.3 Å². The molecule has 0 aliphatic carbocycles. The second kappa shape index (κ2) is 5.97. The summed E-state index contributed by atoms with van der Waals surface area (Å²) in [6.45, 7) is 2.55. The number of anilines is 1. The first-order valence-electron chi connectivity index (χ1n) is 6.88. The third-order valence-corrected chi connectivity index (χ3v) is 4.80. The fourth-order valence-electron chi connectivity index (χ4n) is 2.65. The number of aryl methyl sites for hydroxylation is 2. The van der Waals surface area contributed by atoms with E-state index in [9.17, 15) is 4.79 Å². The molecular formula is C17H15ClINO. The Morgan fingerprint density at radius 1 is 1.19 bits per heavy atom. The Kier molecular flexibility index (Phi) is 4.22. The molecule has 2 nitrogen and oxygen atoms in total. The lowest BCUT2D eigenvalue weighted by Gasteiger charge is -2.30. The monoisotopic (exact) mass is 411 g/mol. The number of nitrogens with zero attached hydrogens (tertiary/aromatic N) is 1. The molecule has 0 radical (unpaired) electrons. The van der Waals surface area contributed by atoms with Gasteiger partial charge < -0.3 is 4.90 Å². The average Bonchev–Trinajstić information content (AvgIpc) is 2.44. The molecule has 4 heteroatoms. The van der Waals surface area contributed by atoms with Crippen molar-refractivity contribution in [2.24, 2.45) is 0 Å². The minimum atomic E-state index is 0.167. The van der Waals surface area contributed by atoms with E-state index in [0.29, 0.717) is 13.0 Å². The van der Waals surface area contributed by atoms with Gasteiger partial charge in [-0.2, -0.15) is 0 Å². The highest BCUT2D eigenvalue weighted by atomic mass is 127. The van der Waals surface area contributed by atoms with Crippen molar-refractivity contribution in [2.45, 2.75) is 26.3 Å². The summed E-state index contributed by atoms with van der Waals surface area (Å²) in [5.74, 6) is 0.167. The number of benzene rings is 2. The van der Waals surface area contributed by atoms with E-state index in [1.807, 2.05) is 42.2 Å². The molecule has 2 aromatic rings. The molecule has 1 amide bonds. The molecule has 0 saturated carbocycles. The molecule has 1 heterocycles. The van der Waals surface area contributed by atoms with E-state index in [1.54, 1.807) is 0 Å². The van der Waals surface area contributed by atoms with Crippen molar-refractivity contribution in [3.05, 3.63) is 61.7 Å². The molecule has 0 aromatic heterocycles. The minimum Gasteiger partial charge on any atom is -0.308 e. The molecule has 0 N–H and O–H groups in total. The number of amides is 1. The highest BCUT2D eigenvalue weighted by Gasteiger charge is 2.24. The summed E-state index contributed by atoms with van der Waals surface area (Å²) in [5, 5.41) is 0.723. The number of hydrogen-bond acceptors (Lipinski definition) is 1. The number of carbonyl (C=O) groups is 1. The normalized spacial score (nSPS) is 14.2. The summed E-state index contributed by atoms with van der Waals surface area (Å²) in [7, 11) is 0. The summed E-state index contributed by atoms with van der Waals surface area (Å²) < 4.78 is 1.20. The number of halogens is 2. The molecule has 0 saturated heterocycles. The van der Waals surface area contributed by atoms with Crippen molar-refractivity contribution < 1.29 is 4.79 Å². The number of fused-ring (bicyclic) bond motifs is 1. The Morgan fingerprint density at radius 3 is 2.76 bits per heavy atom. The minimum absolute atomic E-state index is 0.167. The van der Waals surface area contributed by atoms with Crippen LogP contribution >= 0.6 is 34.2 Å². The van der Waals surface area contributed by atoms with Gasteiger partial charge in [-0.1, -0.05) is 23.7 Å². The lowest BCUT2D eigenvalue weighted by molar-refractivity contribution is -0.119.